The molecule has 0 atom stereocenters. The molecule has 0 heterocycles. The number of carbonyl (C=O) groups is 4. The van der Waals surface area contributed by atoms with Crippen LogP contribution in [0, 0.1) is 0 Å². The van der Waals surface area contributed by atoms with Crippen molar-refractivity contribution in [2.24, 2.45) is 0 Å². The predicted octanol–water partition coefficient (Wildman–Crippen LogP) is 6.16. The van der Waals surface area contributed by atoms with Gasteiger partial charge >= 0.3 is 23.9 Å². The SMILES string of the molecule is C=CCOC(=O)c1ccc(Cl)c(Oc2c(Cl)ccc(C(=O)OCC=C)c2C(=O)OCC=C)c1C(=O)OCC=C. The fourth-order valence-electron chi connectivity index (χ4n) is 3.00. The molecule has 0 aliphatic heterocycles. The second-order valence-electron chi connectivity index (χ2n) is 7.25. The Morgan fingerprint density at radius 2 is 0.872 bits per heavy atom. The van der Waals surface area contributed by atoms with Gasteiger partial charge in [-0.25, -0.2) is 19.2 Å². The van der Waals surface area contributed by atoms with E-state index in [1.54, 1.807) is 0 Å². The maximum Gasteiger partial charge on any atom is 0.343 e. The van der Waals surface area contributed by atoms with Crippen LogP contribution in [-0.2, 0) is 18.9 Å². The molecule has 2 aromatic rings. The summed E-state index contributed by atoms with van der Waals surface area (Å²) in [6.45, 7) is 13.2. The van der Waals surface area contributed by atoms with Crippen molar-refractivity contribution >= 4 is 47.1 Å². The average molecular weight is 575 g/mol. The van der Waals surface area contributed by atoms with E-state index in [1.165, 1.54) is 48.6 Å². The molecule has 39 heavy (non-hydrogen) atoms. The van der Waals surface area contributed by atoms with E-state index in [0.717, 1.165) is 0 Å². The molecule has 0 saturated carbocycles. The van der Waals surface area contributed by atoms with Gasteiger partial charge in [-0.2, -0.15) is 0 Å². The van der Waals surface area contributed by atoms with Gasteiger partial charge < -0.3 is 23.7 Å². The van der Waals surface area contributed by atoms with Crippen molar-refractivity contribution in [3.63, 3.8) is 0 Å². The number of carbonyl (C=O) groups excluding carboxylic acids is 4. The van der Waals surface area contributed by atoms with Crippen molar-refractivity contribution in [1.82, 2.24) is 0 Å². The van der Waals surface area contributed by atoms with Crippen LogP contribution in [0.5, 0.6) is 11.5 Å². The summed E-state index contributed by atoms with van der Waals surface area (Å²) in [7, 11) is 0. The number of esters is 4. The third kappa shape index (κ3) is 7.83. The number of halogens is 2. The van der Waals surface area contributed by atoms with Crippen LogP contribution >= 0.6 is 23.2 Å². The molecule has 2 aromatic carbocycles. The van der Waals surface area contributed by atoms with Gasteiger partial charge in [0, 0.05) is 0 Å². The van der Waals surface area contributed by atoms with E-state index >= 15 is 0 Å². The lowest BCUT2D eigenvalue weighted by Crippen LogP contribution is -2.18. The molecule has 0 unspecified atom stereocenters. The van der Waals surface area contributed by atoms with Gasteiger partial charge in [0.05, 0.1) is 21.2 Å². The van der Waals surface area contributed by atoms with Gasteiger partial charge in [-0.1, -0.05) is 73.8 Å². The minimum absolute atomic E-state index is 0.154. The van der Waals surface area contributed by atoms with Crippen molar-refractivity contribution < 1.29 is 42.9 Å². The molecule has 0 aliphatic rings. The third-order valence-corrected chi connectivity index (χ3v) is 5.20. The summed E-state index contributed by atoms with van der Waals surface area (Å²) < 4.78 is 26.3. The number of hydrogen-bond donors (Lipinski definition) is 0. The van der Waals surface area contributed by atoms with Gasteiger partial charge in [-0.15, -0.1) is 0 Å². The lowest BCUT2D eigenvalue weighted by atomic mass is 10.0. The first-order valence-corrected chi connectivity index (χ1v) is 11.9. The summed E-state index contributed by atoms with van der Waals surface area (Å²) in [6, 6.07) is 4.99. The van der Waals surface area contributed by atoms with Gasteiger partial charge in [0.25, 0.3) is 0 Å². The zero-order chi connectivity index (χ0) is 28.9. The lowest BCUT2D eigenvalue weighted by Gasteiger charge is -2.19. The maximum absolute atomic E-state index is 13.0. The molecule has 0 aromatic heterocycles. The first kappa shape index (κ1) is 30.9. The molecule has 11 heteroatoms. The van der Waals surface area contributed by atoms with Crippen LogP contribution in [0.25, 0.3) is 0 Å². The van der Waals surface area contributed by atoms with E-state index in [9.17, 15) is 19.2 Å². The largest absolute Gasteiger partial charge is 0.458 e. The molecule has 0 bridgehead atoms. The zero-order valence-corrected chi connectivity index (χ0v) is 22.2. The van der Waals surface area contributed by atoms with Crippen LogP contribution in [0.1, 0.15) is 41.4 Å². The van der Waals surface area contributed by atoms with Gasteiger partial charge in [0.1, 0.15) is 37.6 Å². The lowest BCUT2D eigenvalue weighted by molar-refractivity contribution is 0.0496. The number of benzene rings is 2. The standard InChI is InChI=1S/C28H24Cl2O9/c1-5-13-35-25(31)17-9-11-19(29)23(21(17)27(33)37-15-7-3)39-24-20(30)12-10-18(26(32)36-14-6-2)22(24)28(34)38-16-8-4/h5-12H,1-4,13-16H2. The van der Waals surface area contributed by atoms with E-state index in [1.807, 2.05) is 0 Å². The first-order chi connectivity index (χ1) is 18.7. The quantitative estimate of drug-likeness (QED) is 0.149. The highest BCUT2D eigenvalue weighted by molar-refractivity contribution is 6.34. The van der Waals surface area contributed by atoms with Gasteiger partial charge in [-0.05, 0) is 24.3 Å². The summed E-state index contributed by atoms with van der Waals surface area (Å²) in [4.78, 5) is 51.6. The number of ether oxygens (including phenoxy) is 5. The predicted molar refractivity (Wildman–Crippen MR) is 145 cm³/mol. The Bertz CT molecular complexity index is 1220. The Kier molecular flexibility index (Phi) is 12.0. The summed E-state index contributed by atoms with van der Waals surface area (Å²) in [5.41, 5.74) is -1.39. The number of hydrogen-bond acceptors (Lipinski definition) is 9. The average Bonchev–Trinajstić information content (AvgIpc) is 2.93. The van der Waals surface area contributed by atoms with Gasteiger partial charge in [0.2, 0.25) is 0 Å². The molecule has 0 radical (unpaired) electrons. The van der Waals surface area contributed by atoms with E-state index in [4.69, 9.17) is 46.9 Å². The second kappa shape index (κ2) is 15.2. The van der Waals surface area contributed by atoms with Crippen LogP contribution in [-0.4, -0.2) is 50.3 Å². The minimum atomic E-state index is -1.02. The second-order valence-corrected chi connectivity index (χ2v) is 8.06. The van der Waals surface area contributed by atoms with E-state index in [-0.39, 0.29) is 47.6 Å². The van der Waals surface area contributed by atoms with Crippen molar-refractivity contribution in [2.45, 2.75) is 0 Å². The van der Waals surface area contributed by atoms with Gasteiger partial charge in [0.15, 0.2) is 11.5 Å². The monoisotopic (exact) mass is 574 g/mol. The summed E-state index contributed by atoms with van der Waals surface area (Å²) in [5.74, 6) is -4.69. The van der Waals surface area contributed by atoms with Crippen molar-refractivity contribution in [1.29, 1.82) is 0 Å². The van der Waals surface area contributed by atoms with Gasteiger partial charge in [-0.3, -0.25) is 0 Å². The Morgan fingerprint density at radius 3 is 1.18 bits per heavy atom. The third-order valence-electron chi connectivity index (χ3n) is 4.60. The fraction of sp³-hybridized carbons (Fsp3) is 0.143. The maximum atomic E-state index is 13.0. The van der Waals surface area contributed by atoms with Crippen LogP contribution in [0.3, 0.4) is 0 Å². The van der Waals surface area contributed by atoms with Crippen LogP contribution < -0.4 is 4.74 Å². The molecule has 2 rings (SSSR count). The minimum Gasteiger partial charge on any atom is -0.458 e. The first-order valence-electron chi connectivity index (χ1n) is 11.2. The molecular formula is C28H24Cl2O9. The summed E-state index contributed by atoms with van der Waals surface area (Å²) >= 11 is 12.8. The highest BCUT2D eigenvalue weighted by Gasteiger charge is 2.31. The summed E-state index contributed by atoms with van der Waals surface area (Å²) in [6.07, 6.45) is 5.28. The molecule has 9 nitrogen and oxygen atoms in total. The Hall–Kier alpha value is -4.34. The van der Waals surface area contributed by atoms with Crippen molar-refractivity contribution in [2.75, 3.05) is 26.4 Å². The molecule has 0 fully saturated rings. The smallest absolute Gasteiger partial charge is 0.343 e. The fourth-order valence-corrected chi connectivity index (χ4v) is 3.39. The Balaban J connectivity index is 2.81. The van der Waals surface area contributed by atoms with Crippen LogP contribution in [0.15, 0.2) is 74.9 Å². The Labute approximate surface area is 234 Å². The molecule has 0 N–H and O–H groups in total. The van der Waals surface area contributed by atoms with E-state index < -0.39 is 46.5 Å². The van der Waals surface area contributed by atoms with Crippen LogP contribution in [0.4, 0.5) is 0 Å². The molecular weight excluding hydrogens is 551 g/mol. The van der Waals surface area contributed by atoms with Crippen LogP contribution in [0.2, 0.25) is 10.0 Å². The highest BCUT2D eigenvalue weighted by atomic mass is 35.5. The van der Waals surface area contributed by atoms with Crippen molar-refractivity contribution in [3.8, 4) is 11.5 Å². The number of rotatable bonds is 14. The van der Waals surface area contributed by atoms with E-state index in [0.29, 0.717) is 0 Å². The Morgan fingerprint density at radius 1 is 0.564 bits per heavy atom. The molecule has 0 amide bonds. The molecule has 0 spiro atoms. The van der Waals surface area contributed by atoms with Crippen molar-refractivity contribution in [3.05, 3.63) is 107 Å². The highest BCUT2D eigenvalue weighted by Crippen LogP contribution is 2.41. The summed E-state index contributed by atoms with van der Waals surface area (Å²) in [5, 5.41) is -0.330. The normalized spacial score (nSPS) is 10.0. The molecule has 0 saturated heterocycles. The zero-order valence-electron chi connectivity index (χ0n) is 20.7. The topological polar surface area (TPSA) is 114 Å². The van der Waals surface area contributed by atoms with E-state index in [2.05, 4.69) is 26.3 Å². The molecule has 204 valence electrons. The molecule has 0 aliphatic carbocycles.